The Balaban J connectivity index is 1.21. The zero-order valence-electron chi connectivity index (χ0n) is 17.5. The predicted octanol–water partition coefficient (Wildman–Crippen LogP) is 4.41. The molecule has 0 radical (unpaired) electrons. The average molecular weight is 480 g/mol. The Kier molecular flexibility index (Phi) is 5.82. The van der Waals surface area contributed by atoms with Crippen LogP contribution in [0.4, 0.5) is 11.4 Å². The molecule has 0 unspecified atom stereocenters. The third-order valence-electron chi connectivity index (χ3n) is 5.29. The second-order valence-electron chi connectivity index (χ2n) is 7.83. The van der Waals surface area contributed by atoms with Gasteiger partial charge in [-0.25, -0.2) is 8.42 Å². The molecule has 1 fully saturated rings. The highest BCUT2D eigenvalue weighted by Crippen LogP contribution is 2.34. The van der Waals surface area contributed by atoms with Crippen molar-refractivity contribution in [2.75, 3.05) is 22.1 Å². The summed E-state index contributed by atoms with van der Waals surface area (Å²) in [4.78, 5) is 17.2. The number of fused-ring (bicyclic) bond motifs is 1. The Morgan fingerprint density at radius 1 is 0.909 bits per heavy atom. The molecule has 5 rings (SSSR count). The van der Waals surface area contributed by atoms with Crippen molar-refractivity contribution in [3.8, 4) is 11.5 Å². The van der Waals surface area contributed by atoms with Crippen LogP contribution in [0.2, 0.25) is 0 Å². The molecule has 0 spiro atoms. The standard InChI is InChI=1S/C24H21N3O4S2/c28-23(25-17-9-11-20(12-10-17)31-19-7-2-1-3-8-19)16-5-4-6-18(13-16)26-24-27-21-14-33(29,30)15-22(21)32-24/h1-13,21-22H,14-15H2,(H,25,28)(H,26,27)/t21-,22+/m0/s1. The van der Waals surface area contributed by atoms with Crippen LogP contribution in [0.15, 0.2) is 83.9 Å². The predicted molar refractivity (Wildman–Crippen MR) is 132 cm³/mol. The van der Waals surface area contributed by atoms with Crippen LogP contribution in [0.5, 0.6) is 11.5 Å². The van der Waals surface area contributed by atoms with Gasteiger partial charge in [0.25, 0.3) is 5.91 Å². The van der Waals surface area contributed by atoms with Gasteiger partial charge in [-0.2, -0.15) is 0 Å². The number of hydrogen-bond donors (Lipinski definition) is 2. The van der Waals surface area contributed by atoms with E-state index in [1.54, 1.807) is 42.5 Å². The van der Waals surface area contributed by atoms with Crippen molar-refractivity contribution in [1.29, 1.82) is 0 Å². The summed E-state index contributed by atoms with van der Waals surface area (Å²) in [5, 5.41) is 6.75. The number of thioether (sulfide) groups is 1. The number of carbonyl (C=O) groups is 1. The van der Waals surface area contributed by atoms with E-state index in [1.807, 2.05) is 36.4 Å². The van der Waals surface area contributed by atoms with E-state index in [0.717, 1.165) is 11.4 Å². The summed E-state index contributed by atoms with van der Waals surface area (Å²) in [6.07, 6.45) is 0. The highest BCUT2D eigenvalue weighted by atomic mass is 32.2. The SMILES string of the molecule is O=C(Nc1ccc(Oc2ccccc2)cc1)c1cccc(NC2=N[C@H]3CS(=O)(=O)C[C@H]3S2)c1. The van der Waals surface area contributed by atoms with Gasteiger partial charge in [0.2, 0.25) is 0 Å². The first-order chi connectivity index (χ1) is 15.9. The van der Waals surface area contributed by atoms with Crippen LogP contribution in [0, 0.1) is 0 Å². The fourth-order valence-corrected chi connectivity index (χ4v) is 7.39. The number of amidine groups is 1. The molecule has 0 aliphatic carbocycles. The summed E-state index contributed by atoms with van der Waals surface area (Å²) in [6, 6.07) is 23.6. The van der Waals surface area contributed by atoms with Crippen LogP contribution >= 0.6 is 11.8 Å². The van der Waals surface area contributed by atoms with Gasteiger partial charge in [0.15, 0.2) is 15.0 Å². The van der Waals surface area contributed by atoms with E-state index < -0.39 is 9.84 Å². The van der Waals surface area contributed by atoms with Crippen molar-refractivity contribution in [3.63, 3.8) is 0 Å². The third-order valence-corrected chi connectivity index (χ3v) is 8.43. The van der Waals surface area contributed by atoms with E-state index in [4.69, 9.17) is 4.74 Å². The average Bonchev–Trinajstić information content (AvgIpc) is 3.28. The lowest BCUT2D eigenvalue weighted by molar-refractivity contribution is 0.102. The van der Waals surface area contributed by atoms with Gasteiger partial charge < -0.3 is 15.4 Å². The number of nitrogens with zero attached hydrogens (tertiary/aromatic N) is 1. The summed E-state index contributed by atoms with van der Waals surface area (Å²) in [6.45, 7) is 0. The number of nitrogens with one attached hydrogen (secondary N) is 2. The monoisotopic (exact) mass is 479 g/mol. The normalized spacial score (nSPS) is 20.5. The zero-order chi connectivity index (χ0) is 22.8. The molecule has 2 aliphatic heterocycles. The van der Waals surface area contributed by atoms with Gasteiger partial charge in [-0.15, -0.1) is 0 Å². The maximum absolute atomic E-state index is 12.7. The molecule has 7 nitrogen and oxygen atoms in total. The Bertz CT molecular complexity index is 1310. The first-order valence-corrected chi connectivity index (χ1v) is 13.1. The minimum Gasteiger partial charge on any atom is -0.457 e. The van der Waals surface area contributed by atoms with Gasteiger partial charge in [0.05, 0.1) is 17.5 Å². The number of carbonyl (C=O) groups excluding carboxylic acids is 1. The maximum Gasteiger partial charge on any atom is 0.255 e. The summed E-state index contributed by atoms with van der Waals surface area (Å²) in [5.41, 5.74) is 1.88. The van der Waals surface area contributed by atoms with E-state index in [-0.39, 0.29) is 28.7 Å². The van der Waals surface area contributed by atoms with Crippen molar-refractivity contribution in [2.24, 2.45) is 4.99 Å². The molecule has 0 saturated carbocycles. The first-order valence-electron chi connectivity index (χ1n) is 10.4. The lowest BCUT2D eigenvalue weighted by atomic mass is 10.2. The number of rotatable bonds is 5. The number of anilines is 2. The highest BCUT2D eigenvalue weighted by molar-refractivity contribution is 8.15. The number of amides is 1. The van der Waals surface area contributed by atoms with Gasteiger partial charge in [-0.3, -0.25) is 9.79 Å². The van der Waals surface area contributed by atoms with E-state index in [1.165, 1.54) is 11.8 Å². The van der Waals surface area contributed by atoms with E-state index in [2.05, 4.69) is 15.6 Å². The Morgan fingerprint density at radius 3 is 2.42 bits per heavy atom. The number of ether oxygens (including phenoxy) is 1. The molecule has 2 heterocycles. The number of sulfone groups is 1. The van der Waals surface area contributed by atoms with E-state index in [9.17, 15) is 13.2 Å². The quantitative estimate of drug-likeness (QED) is 0.563. The summed E-state index contributed by atoms with van der Waals surface area (Å²) < 4.78 is 29.2. The fourth-order valence-electron chi connectivity index (χ4n) is 3.71. The number of aliphatic imine (C=N–C) groups is 1. The van der Waals surface area contributed by atoms with Gasteiger partial charge in [-0.05, 0) is 54.6 Å². The number of benzene rings is 3. The van der Waals surface area contributed by atoms with Crippen LogP contribution < -0.4 is 15.4 Å². The number of para-hydroxylation sites is 1. The van der Waals surface area contributed by atoms with Crippen molar-refractivity contribution in [2.45, 2.75) is 11.3 Å². The molecule has 2 aliphatic rings. The second-order valence-corrected chi connectivity index (χ2v) is 11.2. The molecule has 33 heavy (non-hydrogen) atoms. The molecule has 0 aromatic heterocycles. The molecule has 3 aromatic carbocycles. The van der Waals surface area contributed by atoms with Crippen molar-refractivity contribution in [1.82, 2.24) is 0 Å². The lowest BCUT2D eigenvalue weighted by Gasteiger charge is -2.10. The van der Waals surface area contributed by atoms with Gasteiger partial charge in [-0.1, -0.05) is 36.0 Å². The van der Waals surface area contributed by atoms with Crippen LogP contribution in [-0.2, 0) is 9.84 Å². The molecule has 2 atom stereocenters. The smallest absolute Gasteiger partial charge is 0.255 e. The largest absolute Gasteiger partial charge is 0.457 e. The first kappa shape index (κ1) is 21.5. The van der Waals surface area contributed by atoms with Gasteiger partial charge in [0, 0.05) is 22.2 Å². The number of hydrogen-bond acceptors (Lipinski definition) is 7. The van der Waals surface area contributed by atoms with Gasteiger partial charge >= 0.3 is 0 Å². The molecule has 9 heteroatoms. The molecule has 1 saturated heterocycles. The summed E-state index contributed by atoms with van der Waals surface area (Å²) in [5.74, 6) is 1.45. The van der Waals surface area contributed by atoms with Crippen molar-refractivity contribution >= 4 is 44.0 Å². The molecular formula is C24H21N3O4S2. The van der Waals surface area contributed by atoms with Crippen LogP contribution in [0.1, 0.15) is 10.4 Å². The maximum atomic E-state index is 12.7. The lowest BCUT2D eigenvalue weighted by Crippen LogP contribution is -2.14. The van der Waals surface area contributed by atoms with E-state index in [0.29, 0.717) is 22.2 Å². The molecule has 3 aromatic rings. The molecule has 1 amide bonds. The summed E-state index contributed by atoms with van der Waals surface area (Å²) >= 11 is 1.44. The molecule has 0 bridgehead atoms. The van der Waals surface area contributed by atoms with E-state index >= 15 is 0 Å². The fraction of sp³-hybridized carbons (Fsp3) is 0.167. The highest BCUT2D eigenvalue weighted by Gasteiger charge is 2.42. The third kappa shape index (κ3) is 5.20. The van der Waals surface area contributed by atoms with Crippen molar-refractivity contribution in [3.05, 3.63) is 84.4 Å². The Labute approximate surface area is 196 Å². The van der Waals surface area contributed by atoms with Crippen molar-refractivity contribution < 1.29 is 17.9 Å². The molecular weight excluding hydrogens is 458 g/mol. The topological polar surface area (TPSA) is 96.9 Å². The van der Waals surface area contributed by atoms with Crippen LogP contribution in [-0.4, -0.2) is 42.3 Å². The second kappa shape index (κ2) is 8.92. The minimum absolute atomic E-state index is 0.0298. The Morgan fingerprint density at radius 2 is 1.67 bits per heavy atom. The molecule has 2 N–H and O–H groups in total. The van der Waals surface area contributed by atoms with Gasteiger partial charge in [0.1, 0.15) is 11.5 Å². The minimum atomic E-state index is -2.98. The Hall–Kier alpha value is -3.30. The van der Waals surface area contributed by atoms with Crippen LogP contribution in [0.3, 0.4) is 0 Å². The molecule has 168 valence electrons. The summed E-state index contributed by atoms with van der Waals surface area (Å²) in [7, 11) is -2.98. The zero-order valence-corrected chi connectivity index (χ0v) is 19.1. The van der Waals surface area contributed by atoms with Crippen LogP contribution in [0.25, 0.3) is 0 Å².